The second-order valence-corrected chi connectivity index (χ2v) is 5.68. The molecule has 102 valence electrons. The molecule has 0 aliphatic carbocycles. The van der Waals surface area contributed by atoms with Crippen LogP contribution < -0.4 is 5.32 Å². The van der Waals surface area contributed by atoms with Crippen molar-refractivity contribution in [3.05, 3.63) is 23.0 Å². The van der Waals surface area contributed by atoms with Crippen LogP contribution in [0.3, 0.4) is 0 Å². The minimum absolute atomic E-state index is 0.0416. The molecule has 1 amide bonds. The Morgan fingerprint density at radius 2 is 2.32 bits per heavy atom. The number of aromatic nitrogens is 1. The highest BCUT2D eigenvalue weighted by molar-refractivity contribution is 6.30. The van der Waals surface area contributed by atoms with Gasteiger partial charge >= 0.3 is 0 Å². The molecule has 1 aromatic rings. The molecule has 0 saturated carbocycles. The molecule has 6 heteroatoms. The molecule has 2 aliphatic rings. The van der Waals surface area contributed by atoms with Gasteiger partial charge in [0.25, 0.3) is 5.91 Å². The van der Waals surface area contributed by atoms with Gasteiger partial charge in [-0.1, -0.05) is 11.6 Å². The Labute approximate surface area is 116 Å². The van der Waals surface area contributed by atoms with E-state index in [2.05, 4.69) is 15.2 Å². The zero-order valence-electron chi connectivity index (χ0n) is 10.5. The molecule has 3 rings (SSSR count). The van der Waals surface area contributed by atoms with Crippen molar-refractivity contribution < 1.29 is 9.90 Å². The van der Waals surface area contributed by atoms with Crippen molar-refractivity contribution >= 4 is 17.5 Å². The minimum atomic E-state index is -0.227. The number of rotatable bonds is 2. The quantitative estimate of drug-likeness (QED) is 0.801. The van der Waals surface area contributed by atoms with Gasteiger partial charge in [0.1, 0.15) is 5.69 Å². The lowest BCUT2D eigenvalue weighted by Crippen LogP contribution is -2.47. The van der Waals surface area contributed by atoms with Crippen molar-refractivity contribution in [1.82, 2.24) is 15.2 Å². The highest BCUT2D eigenvalue weighted by atomic mass is 35.5. The molecule has 2 fully saturated rings. The van der Waals surface area contributed by atoms with Gasteiger partial charge in [-0.2, -0.15) is 0 Å². The number of piperidine rings is 1. The first-order valence-electron chi connectivity index (χ1n) is 6.50. The van der Waals surface area contributed by atoms with Gasteiger partial charge in [-0.25, -0.2) is 4.98 Å². The zero-order chi connectivity index (χ0) is 13.4. The summed E-state index contributed by atoms with van der Waals surface area (Å²) >= 11 is 5.71. The van der Waals surface area contributed by atoms with Crippen LogP contribution in [0.2, 0.25) is 5.15 Å². The van der Waals surface area contributed by atoms with E-state index in [1.54, 1.807) is 0 Å². The molecule has 1 unspecified atom stereocenters. The lowest BCUT2D eigenvalue weighted by Gasteiger charge is -2.30. The fraction of sp³-hybridized carbons (Fsp3) is 0.538. The van der Waals surface area contributed by atoms with E-state index in [4.69, 9.17) is 11.6 Å². The number of hydrogen-bond acceptors (Lipinski definition) is 4. The molecule has 2 bridgehead atoms. The first-order valence-corrected chi connectivity index (χ1v) is 6.88. The Morgan fingerprint density at radius 1 is 1.47 bits per heavy atom. The summed E-state index contributed by atoms with van der Waals surface area (Å²) in [6, 6.07) is 3.05. The smallest absolute Gasteiger partial charge is 0.270 e. The number of pyridine rings is 1. The molecule has 0 aromatic carbocycles. The molecule has 0 radical (unpaired) electrons. The van der Waals surface area contributed by atoms with Crippen LogP contribution in [0.4, 0.5) is 0 Å². The third-order valence-corrected chi connectivity index (χ3v) is 4.14. The van der Waals surface area contributed by atoms with Gasteiger partial charge in [0.2, 0.25) is 0 Å². The Bertz CT molecular complexity index is 497. The van der Waals surface area contributed by atoms with Crippen LogP contribution in [0.5, 0.6) is 5.75 Å². The average molecular weight is 282 g/mol. The van der Waals surface area contributed by atoms with E-state index in [1.165, 1.54) is 18.6 Å². The summed E-state index contributed by atoms with van der Waals surface area (Å²) in [7, 11) is 0. The largest absolute Gasteiger partial charge is 0.505 e. The van der Waals surface area contributed by atoms with E-state index in [-0.39, 0.29) is 28.5 Å². The normalized spacial score (nSPS) is 29.2. The summed E-state index contributed by atoms with van der Waals surface area (Å²) in [6.07, 6.45) is 2.27. The van der Waals surface area contributed by atoms with Crippen LogP contribution in [0.15, 0.2) is 12.1 Å². The molecule has 2 saturated heterocycles. The van der Waals surface area contributed by atoms with Gasteiger partial charge in [-0.3, -0.25) is 4.79 Å². The minimum Gasteiger partial charge on any atom is -0.505 e. The van der Waals surface area contributed by atoms with Crippen molar-refractivity contribution in [2.75, 3.05) is 19.6 Å². The van der Waals surface area contributed by atoms with Crippen molar-refractivity contribution in [2.24, 2.45) is 5.92 Å². The van der Waals surface area contributed by atoms with E-state index < -0.39 is 0 Å². The lowest BCUT2D eigenvalue weighted by atomic mass is 9.97. The molecule has 1 aromatic heterocycles. The Morgan fingerprint density at radius 3 is 3.05 bits per heavy atom. The van der Waals surface area contributed by atoms with E-state index in [0.717, 1.165) is 26.1 Å². The maximum absolute atomic E-state index is 12.1. The molecule has 19 heavy (non-hydrogen) atoms. The number of carbonyl (C=O) groups is 1. The third kappa shape index (κ3) is 2.67. The first-order chi connectivity index (χ1) is 9.11. The monoisotopic (exact) mass is 281 g/mol. The number of nitrogens with zero attached hydrogens (tertiary/aromatic N) is 2. The maximum atomic E-state index is 12.1. The number of halogens is 1. The molecule has 3 atom stereocenters. The molecule has 2 aliphatic heterocycles. The average Bonchev–Trinajstić information content (AvgIpc) is 2.72. The maximum Gasteiger partial charge on any atom is 0.270 e. The van der Waals surface area contributed by atoms with Crippen molar-refractivity contribution in [3.8, 4) is 5.75 Å². The highest BCUT2D eigenvalue weighted by Gasteiger charge is 2.33. The number of hydrogen-bond donors (Lipinski definition) is 2. The van der Waals surface area contributed by atoms with Crippen LogP contribution in [-0.4, -0.2) is 46.6 Å². The second kappa shape index (κ2) is 4.98. The number of nitrogens with one attached hydrogen (secondary N) is 1. The van der Waals surface area contributed by atoms with Gasteiger partial charge in [0.05, 0.1) is 0 Å². The topological polar surface area (TPSA) is 65.5 Å². The number of fused-ring (bicyclic) bond motifs is 2. The molecule has 0 spiro atoms. The predicted molar refractivity (Wildman–Crippen MR) is 71.3 cm³/mol. The first kappa shape index (κ1) is 12.7. The Hall–Kier alpha value is -1.33. The summed E-state index contributed by atoms with van der Waals surface area (Å²) in [5, 5.41) is 12.2. The van der Waals surface area contributed by atoms with Gasteiger partial charge in [0, 0.05) is 19.1 Å². The molecular formula is C13H16ClN3O2. The zero-order valence-corrected chi connectivity index (χ0v) is 11.2. The van der Waals surface area contributed by atoms with Crippen LogP contribution >= 0.6 is 11.6 Å². The molecule has 2 N–H and O–H groups in total. The van der Waals surface area contributed by atoms with Crippen LogP contribution in [0, 0.1) is 5.92 Å². The second-order valence-electron chi connectivity index (χ2n) is 5.33. The number of carbonyl (C=O) groups excluding carboxylic acids is 1. The summed E-state index contributed by atoms with van der Waals surface area (Å²) in [5.74, 6) is 0.366. The van der Waals surface area contributed by atoms with Crippen molar-refractivity contribution in [3.63, 3.8) is 0 Å². The predicted octanol–water partition coefficient (Wildman–Crippen LogP) is 1.26. The summed E-state index contributed by atoms with van der Waals surface area (Å²) < 4.78 is 0. The lowest BCUT2D eigenvalue weighted by molar-refractivity contribution is 0.0904. The van der Waals surface area contributed by atoms with Crippen molar-refractivity contribution in [1.29, 1.82) is 0 Å². The van der Waals surface area contributed by atoms with E-state index in [1.807, 2.05) is 0 Å². The summed E-state index contributed by atoms with van der Waals surface area (Å²) in [6.45, 7) is 3.21. The molecular weight excluding hydrogens is 266 g/mol. The van der Waals surface area contributed by atoms with E-state index in [9.17, 15) is 9.90 Å². The van der Waals surface area contributed by atoms with Gasteiger partial charge in [0.15, 0.2) is 10.9 Å². The SMILES string of the molecule is O=C(N[C@@H]1C[C@@H]2CCN(C2)C1)c1ccc(O)c(Cl)n1. The van der Waals surface area contributed by atoms with Crippen molar-refractivity contribution in [2.45, 2.75) is 18.9 Å². The number of aromatic hydroxyl groups is 1. The molecule has 3 heterocycles. The fourth-order valence-electron chi connectivity index (χ4n) is 2.98. The van der Waals surface area contributed by atoms with Gasteiger partial charge in [-0.05, 0) is 37.4 Å². The van der Waals surface area contributed by atoms with Crippen LogP contribution in [0.25, 0.3) is 0 Å². The Kier molecular flexibility index (Phi) is 3.33. The third-order valence-electron chi connectivity index (χ3n) is 3.86. The summed E-state index contributed by atoms with van der Waals surface area (Å²) in [5.41, 5.74) is 0.246. The molecule has 5 nitrogen and oxygen atoms in total. The van der Waals surface area contributed by atoms with Gasteiger partial charge in [-0.15, -0.1) is 0 Å². The van der Waals surface area contributed by atoms with E-state index in [0.29, 0.717) is 5.92 Å². The Balaban J connectivity index is 1.66. The van der Waals surface area contributed by atoms with Crippen LogP contribution in [0.1, 0.15) is 23.3 Å². The highest BCUT2D eigenvalue weighted by Crippen LogP contribution is 2.27. The van der Waals surface area contributed by atoms with E-state index >= 15 is 0 Å². The van der Waals surface area contributed by atoms with Crippen LogP contribution in [-0.2, 0) is 0 Å². The standard InChI is InChI=1S/C13H16ClN3O2/c14-12-11(18)2-1-10(16-12)13(19)15-9-5-8-3-4-17(6-8)7-9/h1-2,8-9,18H,3-7H2,(H,15,19)/t8-,9+/m0/s1. The fourth-order valence-corrected chi connectivity index (χ4v) is 3.13. The summed E-state index contributed by atoms with van der Waals surface area (Å²) in [4.78, 5) is 18.3. The van der Waals surface area contributed by atoms with Gasteiger partial charge < -0.3 is 15.3 Å². The number of amides is 1.